The lowest BCUT2D eigenvalue weighted by Gasteiger charge is -2.18. The number of methoxy groups -OCH3 is 1. The largest absolute Gasteiger partial charge is 0.469 e. The number of esters is 1. The Morgan fingerprint density at radius 3 is 2.29 bits per heavy atom. The molecule has 0 radical (unpaired) electrons. The highest BCUT2D eigenvalue weighted by Crippen LogP contribution is 2.19. The molecule has 0 heterocycles. The first-order valence-electron chi connectivity index (χ1n) is 6.80. The first-order valence-corrected chi connectivity index (χ1v) is 8.62. The summed E-state index contributed by atoms with van der Waals surface area (Å²) >= 11 is 0. The number of rotatable bonds is 7. The molecule has 1 aromatic rings. The summed E-state index contributed by atoms with van der Waals surface area (Å²) in [6.45, 7) is 3.96. The van der Waals surface area contributed by atoms with Crippen LogP contribution in [0.15, 0.2) is 18.2 Å². The van der Waals surface area contributed by atoms with E-state index < -0.39 is 15.8 Å². The van der Waals surface area contributed by atoms with Crippen LogP contribution in [0.2, 0.25) is 0 Å². The molecular weight excluding hydrogens is 290 g/mol. The first-order chi connectivity index (χ1) is 9.77. The molecule has 0 aliphatic carbocycles. The predicted octanol–water partition coefficient (Wildman–Crippen LogP) is 1.54. The number of nitrogens with one attached hydrogen (secondary N) is 1. The Labute approximate surface area is 126 Å². The minimum Gasteiger partial charge on any atom is -0.469 e. The molecule has 1 rings (SSSR count). The van der Waals surface area contributed by atoms with Crippen LogP contribution in [0.4, 0.5) is 0 Å². The Balaban J connectivity index is 2.83. The SMILES string of the molecule is CNC(CS(=O)(=O)CCC(=O)OC)c1cc(C)cc(C)c1. The van der Waals surface area contributed by atoms with Crippen molar-refractivity contribution < 1.29 is 17.9 Å². The van der Waals surface area contributed by atoms with Gasteiger partial charge in [0.2, 0.25) is 0 Å². The van der Waals surface area contributed by atoms with Crippen molar-refractivity contribution >= 4 is 15.8 Å². The van der Waals surface area contributed by atoms with Gasteiger partial charge in [0.25, 0.3) is 0 Å². The zero-order valence-electron chi connectivity index (χ0n) is 13.0. The van der Waals surface area contributed by atoms with Gasteiger partial charge in [0.1, 0.15) is 0 Å². The number of ether oxygens (including phenoxy) is 1. The molecule has 118 valence electrons. The van der Waals surface area contributed by atoms with E-state index in [9.17, 15) is 13.2 Å². The van der Waals surface area contributed by atoms with Crippen molar-refractivity contribution in [2.45, 2.75) is 26.3 Å². The molecule has 1 unspecified atom stereocenters. The summed E-state index contributed by atoms with van der Waals surface area (Å²) in [6, 6.07) is 5.71. The van der Waals surface area contributed by atoms with Crippen molar-refractivity contribution in [3.05, 3.63) is 34.9 Å². The lowest BCUT2D eigenvalue weighted by Crippen LogP contribution is -2.27. The fourth-order valence-corrected chi connectivity index (χ4v) is 3.75. The number of carbonyl (C=O) groups is 1. The Bertz CT molecular complexity index is 575. The van der Waals surface area contributed by atoms with E-state index in [0.717, 1.165) is 16.7 Å². The second-order valence-corrected chi connectivity index (χ2v) is 7.43. The molecule has 0 aromatic heterocycles. The maximum absolute atomic E-state index is 12.1. The third-order valence-corrected chi connectivity index (χ3v) is 4.93. The minimum atomic E-state index is -3.34. The Kier molecular flexibility index (Phi) is 6.36. The standard InChI is InChI=1S/C15H23NO4S/c1-11-7-12(2)9-13(8-11)14(16-3)10-21(18,19)6-5-15(17)20-4/h7-9,14,16H,5-6,10H2,1-4H3. The smallest absolute Gasteiger partial charge is 0.306 e. The summed E-state index contributed by atoms with van der Waals surface area (Å²) in [5.74, 6) is -0.738. The van der Waals surface area contributed by atoms with Gasteiger partial charge in [-0.3, -0.25) is 4.79 Å². The van der Waals surface area contributed by atoms with E-state index in [-0.39, 0.29) is 24.0 Å². The van der Waals surface area contributed by atoms with Gasteiger partial charge in [0.15, 0.2) is 9.84 Å². The van der Waals surface area contributed by atoms with Crippen molar-refractivity contribution in [3.63, 3.8) is 0 Å². The normalized spacial score (nSPS) is 13.0. The molecule has 0 spiro atoms. The van der Waals surface area contributed by atoms with E-state index in [4.69, 9.17) is 0 Å². The Morgan fingerprint density at radius 1 is 1.24 bits per heavy atom. The van der Waals surface area contributed by atoms with Crippen molar-refractivity contribution in [3.8, 4) is 0 Å². The zero-order valence-corrected chi connectivity index (χ0v) is 13.8. The van der Waals surface area contributed by atoms with Gasteiger partial charge < -0.3 is 10.1 Å². The molecule has 1 atom stereocenters. The third-order valence-electron chi connectivity index (χ3n) is 3.26. The van der Waals surface area contributed by atoms with Gasteiger partial charge in [-0.1, -0.05) is 29.3 Å². The van der Waals surface area contributed by atoms with Crippen LogP contribution in [0.5, 0.6) is 0 Å². The highest BCUT2D eigenvalue weighted by atomic mass is 32.2. The van der Waals surface area contributed by atoms with E-state index in [0.29, 0.717) is 0 Å². The van der Waals surface area contributed by atoms with Crippen LogP contribution in [0.3, 0.4) is 0 Å². The molecule has 1 N–H and O–H groups in total. The fraction of sp³-hybridized carbons (Fsp3) is 0.533. The maximum atomic E-state index is 12.1. The lowest BCUT2D eigenvalue weighted by molar-refractivity contribution is -0.140. The predicted molar refractivity (Wildman–Crippen MR) is 83.0 cm³/mol. The first kappa shape index (κ1) is 17.7. The average Bonchev–Trinajstić information content (AvgIpc) is 2.41. The summed E-state index contributed by atoms with van der Waals surface area (Å²) in [7, 11) is -0.350. The second kappa shape index (κ2) is 7.56. The van der Waals surface area contributed by atoms with Gasteiger partial charge in [-0.25, -0.2) is 8.42 Å². The van der Waals surface area contributed by atoms with Gasteiger partial charge in [-0.15, -0.1) is 0 Å². The zero-order chi connectivity index (χ0) is 16.0. The highest BCUT2D eigenvalue weighted by Gasteiger charge is 2.21. The molecule has 6 heteroatoms. The molecule has 0 aliphatic rings. The molecular formula is C15H23NO4S. The quantitative estimate of drug-likeness (QED) is 0.773. The van der Waals surface area contributed by atoms with Crippen LogP contribution < -0.4 is 5.32 Å². The summed E-state index contributed by atoms with van der Waals surface area (Å²) in [6.07, 6.45) is -0.109. The summed E-state index contributed by atoms with van der Waals surface area (Å²) in [4.78, 5) is 11.1. The highest BCUT2D eigenvalue weighted by molar-refractivity contribution is 7.91. The van der Waals surface area contributed by atoms with Crippen LogP contribution in [0.25, 0.3) is 0 Å². The van der Waals surface area contributed by atoms with E-state index in [1.807, 2.05) is 32.0 Å². The average molecular weight is 313 g/mol. The molecule has 5 nitrogen and oxygen atoms in total. The van der Waals surface area contributed by atoms with Crippen molar-refractivity contribution in [1.82, 2.24) is 5.32 Å². The summed E-state index contributed by atoms with van der Waals surface area (Å²) in [5.41, 5.74) is 3.13. The Morgan fingerprint density at radius 2 is 1.81 bits per heavy atom. The van der Waals surface area contributed by atoms with Crippen LogP contribution in [0, 0.1) is 13.8 Å². The molecule has 0 amide bonds. The van der Waals surface area contributed by atoms with Gasteiger partial charge in [-0.2, -0.15) is 0 Å². The van der Waals surface area contributed by atoms with Crippen LogP contribution in [0.1, 0.15) is 29.2 Å². The summed E-state index contributed by atoms with van der Waals surface area (Å²) in [5, 5.41) is 3.04. The van der Waals surface area contributed by atoms with E-state index in [1.165, 1.54) is 7.11 Å². The second-order valence-electron chi connectivity index (χ2n) is 5.20. The van der Waals surface area contributed by atoms with Gasteiger partial charge in [0.05, 0.1) is 25.0 Å². The number of aryl methyl sites for hydroxylation is 2. The molecule has 0 saturated heterocycles. The van der Waals surface area contributed by atoms with Gasteiger partial charge in [0, 0.05) is 6.04 Å². The minimum absolute atomic E-state index is 0.0383. The lowest BCUT2D eigenvalue weighted by atomic mass is 10.0. The third kappa shape index (κ3) is 5.85. The molecule has 0 fully saturated rings. The van der Waals surface area contributed by atoms with Crippen LogP contribution in [-0.2, 0) is 19.4 Å². The number of sulfone groups is 1. The molecule has 0 aliphatic heterocycles. The molecule has 0 bridgehead atoms. The van der Waals surface area contributed by atoms with Crippen LogP contribution >= 0.6 is 0 Å². The molecule has 21 heavy (non-hydrogen) atoms. The van der Waals surface area contributed by atoms with Crippen LogP contribution in [-0.4, -0.2) is 40.1 Å². The maximum Gasteiger partial charge on any atom is 0.306 e. The molecule has 0 saturated carbocycles. The van der Waals surface area contributed by atoms with Gasteiger partial charge in [-0.05, 0) is 26.5 Å². The summed E-state index contributed by atoms with van der Waals surface area (Å²) < 4.78 is 28.7. The van der Waals surface area contributed by atoms with Crippen molar-refractivity contribution in [2.75, 3.05) is 25.7 Å². The van der Waals surface area contributed by atoms with Gasteiger partial charge >= 0.3 is 5.97 Å². The fourth-order valence-electron chi connectivity index (χ4n) is 2.24. The monoisotopic (exact) mass is 313 g/mol. The number of hydrogen-bond donors (Lipinski definition) is 1. The van der Waals surface area contributed by atoms with E-state index in [2.05, 4.69) is 10.1 Å². The molecule has 1 aromatic carbocycles. The van der Waals surface area contributed by atoms with Crippen molar-refractivity contribution in [2.24, 2.45) is 0 Å². The van der Waals surface area contributed by atoms with E-state index >= 15 is 0 Å². The number of hydrogen-bond acceptors (Lipinski definition) is 5. The topological polar surface area (TPSA) is 72.5 Å². The van der Waals surface area contributed by atoms with Crippen molar-refractivity contribution in [1.29, 1.82) is 0 Å². The number of benzene rings is 1. The number of carbonyl (C=O) groups excluding carboxylic acids is 1. The van der Waals surface area contributed by atoms with E-state index in [1.54, 1.807) is 7.05 Å². The Hall–Kier alpha value is -1.40.